The first-order valence-electron chi connectivity index (χ1n) is 14.2. The zero-order valence-corrected chi connectivity index (χ0v) is 21.5. The number of hydrogen-bond donors (Lipinski definition) is 0. The van der Waals surface area contributed by atoms with E-state index in [2.05, 4.69) is 89.5 Å². The van der Waals surface area contributed by atoms with Gasteiger partial charge in [-0.15, -0.1) is 0 Å². The predicted molar refractivity (Wildman–Crippen MR) is 158 cm³/mol. The van der Waals surface area contributed by atoms with E-state index in [0.29, 0.717) is 0 Å². The smallest absolute Gasteiger partial charge is 0.145 e. The average Bonchev–Trinajstić information content (AvgIpc) is 3.11. The van der Waals surface area contributed by atoms with E-state index in [0.717, 1.165) is 18.5 Å². The van der Waals surface area contributed by atoms with Crippen LogP contribution in [-0.2, 0) is 0 Å². The van der Waals surface area contributed by atoms with E-state index >= 15 is 0 Å². The summed E-state index contributed by atoms with van der Waals surface area (Å²) in [4.78, 5) is 5.11. The monoisotopic (exact) mass is 482 g/mol. The van der Waals surface area contributed by atoms with Crippen molar-refractivity contribution in [1.82, 2.24) is 9.38 Å². The predicted octanol–water partition coefficient (Wildman–Crippen LogP) is 10.0. The van der Waals surface area contributed by atoms with Gasteiger partial charge in [0.2, 0.25) is 0 Å². The molecule has 2 nitrogen and oxygen atoms in total. The number of allylic oxidation sites excluding steroid dienone is 4. The number of rotatable bonds is 3. The Bertz CT molecular complexity index is 1630. The van der Waals surface area contributed by atoms with Crippen LogP contribution in [0.2, 0.25) is 0 Å². The van der Waals surface area contributed by atoms with Crippen molar-refractivity contribution in [2.24, 2.45) is 0 Å². The molecule has 0 saturated heterocycles. The minimum Gasteiger partial charge on any atom is -0.292 e. The van der Waals surface area contributed by atoms with Gasteiger partial charge in [0.05, 0.1) is 17.4 Å². The molecule has 5 aromatic rings. The highest BCUT2D eigenvalue weighted by Gasteiger charge is 2.22. The Hall–Kier alpha value is -3.65. The average molecular weight is 483 g/mol. The van der Waals surface area contributed by atoms with Gasteiger partial charge in [-0.05, 0) is 85.1 Å². The van der Waals surface area contributed by atoms with E-state index in [1.165, 1.54) is 107 Å². The lowest BCUT2D eigenvalue weighted by molar-refractivity contribution is 0.720. The molecule has 7 rings (SSSR count). The summed E-state index contributed by atoms with van der Waals surface area (Å²) in [5.41, 5.74) is 10.7. The molecule has 2 aliphatic carbocycles. The molecule has 37 heavy (non-hydrogen) atoms. The molecule has 2 aromatic heterocycles. The van der Waals surface area contributed by atoms with E-state index < -0.39 is 0 Å². The quantitative estimate of drug-likeness (QED) is 0.234. The lowest BCUT2D eigenvalue weighted by Crippen LogP contribution is -2.00. The topological polar surface area (TPSA) is 17.3 Å². The zero-order chi connectivity index (χ0) is 24.6. The Balaban J connectivity index is 1.58. The Kier molecular flexibility index (Phi) is 5.89. The summed E-state index contributed by atoms with van der Waals surface area (Å²) in [7, 11) is 0. The number of pyridine rings is 1. The van der Waals surface area contributed by atoms with Gasteiger partial charge in [0.15, 0.2) is 0 Å². The minimum absolute atomic E-state index is 1.05. The molecule has 2 heteroatoms. The third-order valence-corrected chi connectivity index (χ3v) is 8.46. The molecular weight excluding hydrogens is 448 g/mol. The summed E-state index contributed by atoms with van der Waals surface area (Å²) >= 11 is 0. The second-order valence-corrected chi connectivity index (χ2v) is 10.8. The molecule has 0 spiro atoms. The third-order valence-electron chi connectivity index (χ3n) is 8.46. The van der Waals surface area contributed by atoms with Crippen molar-refractivity contribution in [3.63, 3.8) is 0 Å². The summed E-state index contributed by atoms with van der Waals surface area (Å²) in [6.45, 7) is 0. The van der Waals surface area contributed by atoms with Gasteiger partial charge in [-0.2, -0.15) is 0 Å². The van der Waals surface area contributed by atoms with Crippen LogP contribution in [0.3, 0.4) is 0 Å². The van der Waals surface area contributed by atoms with Gasteiger partial charge in [0.1, 0.15) is 5.65 Å². The third kappa shape index (κ3) is 3.91. The number of para-hydroxylation sites is 1. The van der Waals surface area contributed by atoms with Gasteiger partial charge in [-0.25, -0.2) is 4.98 Å². The molecule has 0 radical (unpaired) electrons. The molecule has 184 valence electrons. The van der Waals surface area contributed by atoms with Crippen LogP contribution in [0.4, 0.5) is 0 Å². The summed E-state index contributed by atoms with van der Waals surface area (Å²) < 4.78 is 2.44. The lowest BCUT2D eigenvalue weighted by atomic mass is 9.87. The molecule has 0 atom stereocenters. The SMILES string of the molecule is C1=C(c2cccc(C3=CCCCCC3)c2-c2cnc3c4ccccc4c4ccccc4n23)CCCCC1. The highest BCUT2D eigenvalue weighted by molar-refractivity contribution is 6.12. The highest BCUT2D eigenvalue weighted by Crippen LogP contribution is 2.42. The van der Waals surface area contributed by atoms with E-state index in [-0.39, 0.29) is 0 Å². The maximum Gasteiger partial charge on any atom is 0.145 e. The van der Waals surface area contributed by atoms with Gasteiger partial charge in [-0.3, -0.25) is 4.40 Å². The fraction of sp³-hybridized carbons (Fsp3) is 0.286. The van der Waals surface area contributed by atoms with Gasteiger partial charge in [0, 0.05) is 16.3 Å². The summed E-state index contributed by atoms with van der Waals surface area (Å²) in [6.07, 6.45) is 19.7. The number of aromatic nitrogens is 2. The van der Waals surface area contributed by atoms with Gasteiger partial charge in [0.25, 0.3) is 0 Å². The van der Waals surface area contributed by atoms with E-state index in [4.69, 9.17) is 4.98 Å². The van der Waals surface area contributed by atoms with Gasteiger partial charge >= 0.3 is 0 Å². The standard InChI is InChI=1S/C35H34N2/c1-2-6-15-25(14-5-1)27-21-13-22-28(26-16-7-3-4-8-17-26)34(27)33-24-36-35-31-20-10-9-18-29(31)30-19-11-12-23-32(30)37(33)35/h9-14,16,18-24H,1-8,15,17H2. The maximum atomic E-state index is 5.11. The molecule has 0 saturated carbocycles. The molecule has 2 aliphatic rings. The first-order valence-corrected chi connectivity index (χ1v) is 14.2. The summed E-state index contributed by atoms with van der Waals surface area (Å²) in [6, 6.07) is 24.6. The fourth-order valence-corrected chi connectivity index (χ4v) is 6.65. The minimum atomic E-state index is 1.05. The first kappa shape index (κ1) is 22.5. The number of imidazole rings is 1. The van der Waals surface area contributed by atoms with Crippen molar-refractivity contribution in [1.29, 1.82) is 0 Å². The Labute approximate surface area is 219 Å². The maximum absolute atomic E-state index is 5.11. The van der Waals surface area contributed by atoms with Crippen LogP contribution in [-0.4, -0.2) is 9.38 Å². The van der Waals surface area contributed by atoms with Crippen LogP contribution in [0.15, 0.2) is 85.1 Å². The molecule has 0 unspecified atom stereocenters. The Morgan fingerprint density at radius 2 is 1.19 bits per heavy atom. The second-order valence-electron chi connectivity index (χ2n) is 10.8. The molecule has 0 fully saturated rings. The van der Waals surface area contributed by atoms with Crippen molar-refractivity contribution in [3.8, 4) is 11.3 Å². The van der Waals surface area contributed by atoms with Crippen LogP contribution in [0.1, 0.15) is 75.3 Å². The molecule has 2 heterocycles. The lowest BCUT2D eigenvalue weighted by Gasteiger charge is -2.20. The number of nitrogens with zero attached hydrogens (tertiary/aromatic N) is 2. The van der Waals surface area contributed by atoms with E-state index in [9.17, 15) is 0 Å². The van der Waals surface area contributed by atoms with E-state index in [1.54, 1.807) is 0 Å². The second kappa shape index (κ2) is 9.67. The molecular formula is C35H34N2. The van der Waals surface area contributed by atoms with Crippen LogP contribution in [0, 0.1) is 0 Å². The summed E-state index contributed by atoms with van der Waals surface area (Å²) in [5.74, 6) is 0. The Morgan fingerprint density at radius 3 is 1.89 bits per heavy atom. The van der Waals surface area contributed by atoms with Crippen molar-refractivity contribution >= 4 is 38.5 Å². The van der Waals surface area contributed by atoms with Crippen LogP contribution in [0.5, 0.6) is 0 Å². The number of hydrogen-bond acceptors (Lipinski definition) is 1. The summed E-state index contributed by atoms with van der Waals surface area (Å²) in [5, 5.41) is 3.77. The highest BCUT2D eigenvalue weighted by atomic mass is 15.0. The van der Waals surface area contributed by atoms with Crippen molar-refractivity contribution in [2.45, 2.75) is 64.2 Å². The fourth-order valence-electron chi connectivity index (χ4n) is 6.65. The van der Waals surface area contributed by atoms with E-state index in [1.807, 2.05) is 0 Å². The van der Waals surface area contributed by atoms with Crippen molar-refractivity contribution < 1.29 is 0 Å². The zero-order valence-electron chi connectivity index (χ0n) is 21.5. The number of fused-ring (bicyclic) bond motifs is 6. The Morgan fingerprint density at radius 1 is 0.568 bits per heavy atom. The van der Waals surface area contributed by atoms with Crippen molar-refractivity contribution in [3.05, 3.63) is 96.2 Å². The van der Waals surface area contributed by atoms with Crippen LogP contribution >= 0.6 is 0 Å². The molecule has 0 bridgehead atoms. The molecule has 0 amide bonds. The van der Waals surface area contributed by atoms with Crippen LogP contribution < -0.4 is 0 Å². The van der Waals surface area contributed by atoms with Crippen LogP contribution in [0.25, 0.3) is 49.7 Å². The largest absolute Gasteiger partial charge is 0.292 e. The molecule has 0 aliphatic heterocycles. The molecule has 0 N–H and O–H groups in total. The van der Waals surface area contributed by atoms with Crippen molar-refractivity contribution in [2.75, 3.05) is 0 Å². The van der Waals surface area contributed by atoms with Gasteiger partial charge in [-0.1, -0.05) is 85.7 Å². The first-order chi connectivity index (χ1) is 18.4. The molecule has 3 aromatic carbocycles. The number of benzene rings is 3. The normalized spacial score (nSPS) is 17.0. The van der Waals surface area contributed by atoms with Gasteiger partial charge < -0.3 is 0 Å².